The Balaban J connectivity index is 5.23. The summed E-state index contributed by atoms with van der Waals surface area (Å²) < 4.78 is 19.5. The van der Waals surface area contributed by atoms with E-state index < -0.39 is 11.1 Å². The first kappa shape index (κ1) is 22.6. The van der Waals surface area contributed by atoms with Crippen LogP contribution in [0, 0.1) is 16.0 Å². The fraction of sp³-hybridized carbons (Fsp3) is 0.400. The molecule has 5 heteroatoms. The fourth-order valence-corrected chi connectivity index (χ4v) is 1.95. The van der Waals surface area contributed by atoms with E-state index in [-0.39, 0.29) is 18.2 Å². The summed E-state index contributed by atoms with van der Waals surface area (Å²) in [4.78, 5) is 10.8. The van der Waals surface area contributed by atoms with Crippen LogP contribution >= 0.6 is 0 Å². The average Bonchev–Trinajstić information content (AvgIpc) is 2.57. The van der Waals surface area contributed by atoms with Crippen LogP contribution in [-0.2, 0) is 4.74 Å². The topological polar surface area (TPSA) is 52.4 Å². The average molecular weight is 349 g/mol. The van der Waals surface area contributed by atoms with Gasteiger partial charge in [0.05, 0.1) is 10.5 Å². The molecule has 0 radical (unpaired) electrons. The number of rotatable bonds is 10. The zero-order valence-corrected chi connectivity index (χ0v) is 15.7. The van der Waals surface area contributed by atoms with Crippen LogP contribution in [0.3, 0.4) is 0 Å². The number of halogens is 1. The molecular formula is C20H28FNO3. The SMILES string of the molecule is C=C(/C=C\C(=C/C)OCC(/C=C\C)=C(/C=C\C)[N+](=O)[O-])C(F)C(C)C. The van der Waals surface area contributed by atoms with Crippen molar-refractivity contribution in [2.24, 2.45) is 5.92 Å². The zero-order chi connectivity index (χ0) is 19.4. The number of hydrogen-bond acceptors (Lipinski definition) is 3. The van der Waals surface area contributed by atoms with Gasteiger partial charge < -0.3 is 4.74 Å². The van der Waals surface area contributed by atoms with E-state index in [4.69, 9.17) is 4.74 Å². The smallest absolute Gasteiger partial charge is 0.275 e. The summed E-state index contributed by atoms with van der Waals surface area (Å²) in [6, 6.07) is 0. The maximum atomic E-state index is 13.9. The largest absolute Gasteiger partial charge is 0.489 e. The van der Waals surface area contributed by atoms with Gasteiger partial charge in [0.15, 0.2) is 0 Å². The summed E-state index contributed by atoms with van der Waals surface area (Å²) in [6.45, 7) is 12.6. The van der Waals surface area contributed by atoms with Crippen LogP contribution in [0.5, 0.6) is 0 Å². The van der Waals surface area contributed by atoms with Crippen LogP contribution in [0.2, 0.25) is 0 Å². The monoisotopic (exact) mass is 349 g/mol. The normalized spacial score (nSPS) is 15.2. The Hall–Kier alpha value is -2.43. The van der Waals surface area contributed by atoms with Crippen LogP contribution in [0.15, 0.2) is 71.7 Å². The van der Waals surface area contributed by atoms with Gasteiger partial charge in [-0.2, -0.15) is 0 Å². The van der Waals surface area contributed by atoms with Crippen LogP contribution in [-0.4, -0.2) is 17.7 Å². The molecule has 0 saturated carbocycles. The van der Waals surface area contributed by atoms with Gasteiger partial charge >= 0.3 is 0 Å². The highest BCUT2D eigenvalue weighted by atomic mass is 19.1. The predicted octanol–water partition coefficient (Wildman–Crippen LogP) is 5.70. The lowest BCUT2D eigenvalue weighted by molar-refractivity contribution is -0.420. The number of nitrogens with zero attached hydrogens (tertiary/aromatic N) is 1. The van der Waals surface area contributed by atoms with Crippen LogP contribution in [0.1, 0.15) is 34.6 Å². The van der Waals surface area contributed by atoms with E-state index in [2.05, 4.69) is 6.58 Å². The third kappa shape index (κ3) is 8.29. The van der Waals surface area contributed by atoms with Crippen molar-refractivity contribution in [3.05, 3.63) is 81.8 Å². The summed E-state index contributed by atoms with van der Waals surface area (Å²) in [5.74, 6) is 0.335. The van der Waals surface area contributed by atoms with Crippen molar-refractivity contribution in [2.75, 3.05) is 6.61 Å². The van der Waals surface area contributed by atoms with Crippen molar-refractivity contribution < 1.29 is 14.1 Å². The molecule has 0 fully saturated rings. The minimum absolute atomic E-state index is 0.0203. The minimum atomic E-state index is -1.12. The first-order valence-electron chi connectivity index (χ1n) is 8.21. The molecule has 0 rings (SSSR count). The van der Waals surface area contributed by atoms with Crippen molar-refractivity contribution in [2.45, 2.75) is 40.8 Å². The number of nitro groups is 1. The maximum absolute atomic E-state index is 13.9. The lowest BCUT2D eigenvalue weighted by atomic mass is 10.0. The van der Waals surface area contributed by atoms with Crippen molar-refractivity contribution in [3.63, 3.8) is 0 Å². The van der Waals surface area contributed by atoms with E-state index >= 15 is 0 Å². The summed E-state index contributed by atoms with van der Waals surface area (Å²) in [7, 11) is 0. The summed E-state index contributed by atoms with van der Waals surface area (Å²) in [5.41, 5.74) is 0.790. The van der Waals surface area contributed by atoms with Crippen molar-refractivity contribution >= 4 is 0 Å². The summed E-state index contributed by atoms with van der Waals surface area (Å²) in [5, 5.41) is 11.2. The molecule has 0 aromatic carbocycles. The maximum Gasteiger partial charge on any atom is 0.275 e. The Morgan fingerprint density at radius 1 is 1.16 bits per heavy atom. The molecule has 0 saturated heterocycles. The van der Waals surface area contributed by atoms with Crippen molar-refractivity contribution in [1.29, 1.82) is 0 Å². The van der Waals surface area contributed by atoms with Gasteiger partial charge in [0.25, 0.3) is 5.70 Å². The van der Waals surface area contributed by atoms with E-state index in [0.717, 1.165) is 0 Å². The Labute approximate surface area is 149 Å². The Morgan fingerprint density at radius 3 is 2.20 bits per heavy atom. The van der Waals surface area contributed by atoms with Gasteiger partial charge in [0.1, 0.15) is 18.5 Å². The summed E-state index contributed by atoms with van der Waals surface area (Å²) >= 11 is 0. The highest BCUT2D eigenvalue weighted by molar-refractivity contribution is 5.30. The van der Waals surface area contributed by atoms with E-state index in [0.29, 0.717) is 16.9 Å². The first-order chi connectivity index (χ1) is 11.8. The molecule has 4 nitrogen and oxygen atoms in total. The standard InChI is InChI=1S/C20H28FNO3/c1-7-10-17(19(11-8-2)22(23)24)14-25-18(9-3)13-12-16(6)20(21)15(4)5/h7-13,15,20H,6,14H2,1-5H3/b10-7-,11-8-,13-12-,18-9+,19-17-. The van der Waals surface area contributed by atoms with Gasteiger partial charge in [0.2, 0.25) is 0 Å². The van der Waals surface area contributed by atoms with Crippen LogP contribution in [0.25, 0.3) is 0 Å². The van der Waals surface area contributed by atoms with Gasteiger partial charge in [-0.25, -0.2) is 4.39 Å². The molecule has 0 bridgehead atoms. The van der Waals surface area contributed by atoms with Gasteiger partial charge in [-0.05, 0) is 44.4 Å². The molecule has 1 unspecified atom stereocenters. The Bertz CT molecular complexity index is 610. The second-order valence-electron chi connectivity index (χ2n) is 5.70. The molecule has 0 heterocycles. The molecule has 0 aromatic heterocycles. The zero-order valence-electron chi connectivity index (χ0n) is 15.7. The van der Waals surface area contributed by atoms with Crippen LogP contribution in [0.4, 0.5) is 4.39 Å². The molecule has 0 spiro atoms. The van der Waals surface area contributed by atoms with E-state index in [1.54, 1.807) is 71.1 Å². The van der Waals surface area contributed by atoms with E-state index in [9.17, 15) is 14.5 Å². The molecule has 25 heavy (non-hydrogen) atoms. The summed E-state index contributed by atoms with van der Waals surface area (Å²) in [6.07, 6.45) is 10.2. The van der Waals surface area contributed by atoms with Gasteiger partial charge in [-0.3, -0.25) is 10.1 Å². The molecular weight excluding hydrogens is 321 g/mol. The quantitative estimate of drug-likeness (QED) is 0.220. The third-order valence-electron chi connectivity index (χ3n) is 3.30. The van der Waals surface area contributed by atoms with Crippen molar-refractivity contribution in [1.82, 2.24) is 0 Å². The Kier molecular flexibility index (Phi) is 10.8. The molecule has 0 amide bonds. The number of hydrogen-bond donors (Lipinski definition) is 0. The number of ether oxygens (including phenoxy) is 1. The van der Waals surface area contributed by atoms with Gasteiger partial charge in [0, 0.05) is 6.08 Å². The third-order valence-corrected chi connectivity index (χ3v) is 3.30. The van der Waals surface area contributed by atoms with Gasteiger partial charge in [-0.15, -0.1) is 0 Å². The predicted molar refractivity (Wildman–Crippen MR) is 101 cm³/mol. The fourth-order valence-electron chi connectivity index (χ4n) is 1.95. The minimum Gasteiger partial charge on any atom is -0.489 e. The van der Waals surface area contributed by atoms with E-state index in [1.165, 1.54) is 6.08 Å². The highest BCUT2D eigenvalue weighted by Crippen LogP contribution is 2.17. The molecule has 0 aliphatic heterocycles. The lowest BCUT2D eigenvalue weighted by Gasteiger charge is -2.12. The molecule has 1 atom stereocenters. The molecule has 0 N–H and O–H groups in total. The highest BCUT2D eigenvalue weighted by Gasteiger charge is 2.15. The number of alkyl halides is 1. The van der Waals surface area contributed by atoms with Crippen LogP contribution < -0.4 is 0 Å². The lowest BCUT2D eigenvalue weighted by Crippen LogP contribution is -2.10. The van der Waals surface area contributed by atoms with Crippen molar-refractivity contribution in [3.8, 4) is 0 Å². The first-order valence-corrected chi connectivity index (χ1v) is 8.21. The molecule has 0 aromatic rings. The second-order valence-corrected chi connectivity index (χ2v) is 5.70. The van der Waals surface area contributed by atoms with Gasteiger partial charge in [-0.1, -0.05) is 44.7 Å². The molecule has 0 aliphatic carbocycles. The Morgan fingerprint density at radius 2 is 1.76 bits per heavy atom. The number of allylic oxidation sites excluding steroid dienone is 7. The second kappa shape index (κ2) is 12.0. The molecule has 138 valence electrons. The molecule has 0 aliphatic rings. The van der Waals surface area contributed by atoms with E-state index in [1.807, 2.05) is 0 Å².